The van der Waals surface area contributed by atoms with E-state index < -0.39 is 0 Å². The van der Waals surface area contributed by atoms with Crippen LogP contribution >= 0.6 is 0 Å². The highest BCUT2D eigenvalue weighted by Gasteiger charge is 2.31. The number of imidazole rings is 1. The van der Waals surface area contributed by atoms with Gasteiger partial charge in [-0.15, -0.1) is 0 Å². The van der Waals surface area contributed by atoms with Crippen LogP contribution in [0, 0.1) is 0 Å². The Kier molecular flexibility index (Phi) is 4.58. The van der Waals surface area contributed by atoms with E-state index in [0.29, 0.717) is 13.2 Å². The summed E-state index contributed by atoms with van der Waals surface area (Å²) in [7, 11) is 0. The molecule has 1 atom stereocenters. The fourth-order valence-electron chi connectivity index (χ4n) is 3.22. The number of nitrogens with one attached hydrogen (secondary N) is 1. The van der Waals surface area contributed by atoms with E-state index in [1.807, 2.05) is 47.4 Å². The van der Waals surface area contributed by atoms with E-state index in [-0.39, 0.29) is 18.6 Å². The number of carbonyl (C=O) groups excluding carboxylic acids is 1. The van der Waals surface area contributed by atoms with Gasteiger partial charge in [0, 0.05) is 5.69 Å². The van der Waals surface area contributed by atoms with Gasteiger partial charge >= 0.3 is 0 Å². The standard InChI is InChI=1S/C20H21N3O3/c1-2-9-26-16-6-3-14(4-7-16)19-11-25-12-20(24)23(19)15-5-8-17-18(10-15)22-13-21-17/h3-8,10,13,19H,2,9,11-12H2,1H3,(H,21,22). The molecular weight excluding hydrogens is 330 g/mol. The molecule has 1 amide bonds. The summed E-state index contributed by atoms with van der Waals surface area (Å²) >= 11 is 0. The summed E-state index contributed by atoms with van der Waals surface area (Å²) in [6.45, 7) is 3.32. The molecule has 1 aromatic heterocycles. The Labute approximate surface area is 151 Å². The van der Waals surface area contributed by atoms with Crippen LogP contribution in [0.2, 0.25) is 0 Å². The number of nitrogens with zero attached hydrogens (tertiary/aromatic N) is 2. The number of rotatable bonds is 5. The van der Waals surface area contributed by atoms with E-state index >= 15 is 0 Å². The molecule has 1 unspecified atom stereocenters. The summed E-state index contributed by atoms with van der Waals surface area (Å²) < 4.78 is 11.2. The van der Waals surface area contributed by atoms with Crippen LogP contribution in [0.4, 0.5) is 5.69 Å². The van der Waals surface area contributed by atoms with Crippen LogP contribution in [0.25, 0.3) is 11.0 Å². The van der Waals surface area contributed by atoms with Crippen molar-refractivity contribution in [2.45, 2.75) is 19.4 Å². The SMILES string of the molecule is CCCOc1ccc(C2COCC(=O)N2c2ccc3nc[nH]c3c2)cc1. The van der Waals surface area contributed by atoms with Crippen molar-refractivity contribution in [1.29, 1.82) is 0 Å². The largest absolute Gasteiger partial charge is 0.494 e. The average molecular weight is 351 g/mol. The van der Waals surface area contributed by atoms with Crippen molar-refractivity contribution in [3.63, 3.8) is 0 Å². The number of carbonyl (C=O) groups is 1. The number of hydrogen-bond donors (Lipinski definition) is 1. The fraction of sp³-hybridized carbons (Fsp3) is 0.300. The smallest absolute Gasteiger partial charge is 0.253 e. The summed E-state index contributed by atoms with van der Waals surface area (Å²) in [6.07, 6.45) is 2.62. The highest BCUT2D eigenvalue weighted by molar-refractivity contribution is 5.97. The van der Waals surface area contributed by atoms with Crippen molar-refractivity contribution < 1.29 is 14.3 Å². The molecule has 0 spiro atoms. The van der Waals surface area contributed by atoms with E-state index in [2.05, 4.69) is 16.9 Å². The lowest BCUT2D eigenvalue weighted by Gasteiger charge is -2.35. The van der Waals surface area contributed by atoms with Crippen LogP contribution in [0.5, 0.6) is 5.75 Å². The van der Waals surface area contributed by atoms with Crippen molar-refractivity contribution in [3.05, 3.63) is 54.4 Å². The maximum atomic E-state index is 12.6. The number of H-pyrrole nitrogens is 1. The molecule has 1 saturated heterocycles. The molecule has 2 aromatic carbocycles. The van der Waals surface area contributed by atoms with Gasteiger partial charge in [-0.2, -0.15) is 0 Å². The first-order valence-electron chi connectivity index (χ1n) is 8.82. The average Bonchev–Trinajstić information content (AvgIpc) is 3.14. The van der Waals surface area contributed by atoms with E-state index in [1.165, 1.54) is 0 Å². The second kappa shape index (κ2) is 7.17. The van der Waals surface area contributed by atoms with Gasteiger partial charge in [0.2, 0.25) is 0 Å². The predicted molar refractivity (Wildman–Crippen MR) is 99.4 cm³/mol. The molecule has 134 valence electrons. The van der Waals surface area contributed by atoms with Gasteiger partial charge in [0.25, 0.3) is 5.91 Å². The first kappa shape index (κ1) is 16.6. The molecule has 6 heteroatoms. The van der Waals surface area contributed by atoms with Crippen molar-refractivity contribution in [2.24, 2.45) is 0 Å². The van der Waals surface area contributed by atoms with Crippen molar-refractivity contribution in [3.8, 4) is 5.75 Å². The molecule has 0 bridgehead atoms. The zero-order chi connectivity index (χ0) is 17.9. The molecule has 2 heterocycles. The van der Waals surface area contributed by atoms with Crippen LogP contribution in [0.15, 0.2) is 48.8 Å². The zero-order valence-corrected chi connectivity index (χ0v) is 14.6. The third-order valence-corrected chi connectivity index (χ3v) is 4.50. The van der Waals surface area contributed by atoms with Crippen LogP contribution in [0.1, 0.15) is 24.9 Å². The Morgan fingerprint density at radius 1 is 1.27 bits per heavy atom. The molecule has 1 aliphatic heterocycles. The maximum absolute atomic E-state index is 12.6. The van der Waals surface area contributed by atoms with Crippen molar-refractivity contribution in [2.75, 3.05) is 24.7 Å². The van der Waals surface area contributed by atoms with Crippen molar-refractivity contribution in [1.82, 2.24) is 9.97 Å². The van der Waals surface area contributed by atoms with Gasteiger partial charge in [0.05, 0.1) is 36.6 Å². The monoisotopic (exact) mass is 351 g/mol. The number of benzene rings is 2. The third-order valence-electron chi connectivity index (χ3n) is 4.50. The molecule has 0 saturated carbocycles. The fourth-order valence-corrected chi connectivity index (χ4v) is 3.22. The third kappa shape index (κ3) is 3.15. The topological polar surface area (TPSA) is 67.5 Å². The van der Waals surface area contributed by atoms with E-state index in [1.54, 1.807) is 6.33 Å². The number of morpholine rings is 1. The highest BCUT2D eigenvalue weighted by Crippen LogP contribution is 2.32. The number of hydrogen-bond acceptors (Lipinski definition) is 4. The van der Waals surface area contributed by atoms with Gasteiger partial charge in [-0.3, -0.25) is 4.79 Å². The molecule has 1 fully saturated rings. The molecule has 1 N–H and O–H groups in total. The van der Waals surface area contributed by atoms with E-state index in [9.17, 15) is 4.79 Å². The Hall–Kier alpha value is -2.86. The van der Waals surface area contributed by atoms with E-state index in [4.69, 9.17) is 9.47 Å². The second-order valence-corrected chi connectivity index (χ2v) is 6.32. The summed E-state index contributed by atoms with van der Waals surface area (Å²) in [5.41, 5.74) is 3.64. The molecule has 4 rings (SSSR count). The summed E-state index contributed by atoms with van der Waals surface area (Å²) in [5, 5.41) is 0. The minimum Gasteiger partial charge on any atom is -0.494 e. The highest BCUT2D eigenvalue weighted by atomic mass is 16.5. The molecule has 1 aliphatic rings. The Morgan fingerprint density at radius 2 is 2.12 bits per heavy atom. The molecule has 26 heavy (non-hydrogen) atoms. The lowest BCUT2D eigenvalue weighted by atomic mass is 10.0. The van der Waals surface area contributed by atoms with Crippen molar-refractivity contribution >= 4 is 22.6 Å². The minimum absolute atomic E-state index is 0.0496. The molecule has 6 nitrogen and oxygen atoms in total. The van der Waals surface area contributed by atoms with E-state index in [0.717, 1.165) is 34.5 Å². The number of aromatic amines is 1. The van der Waals surface area contributed by atoms with Gasteiger partial charge in [-0.1, -0.05) is 19.1 Å². The van der Waals surface area contributed by atoms with Gasteiger partial charge < -0.3 is 19.4 Å². The molecule has 0 aliphatic carbocycles. The molecular formula is C20H21N3O3. The van der Waals surface area contributed by atoms with Gasteiger partial charge in [-0.05, 0) is 42.3 Å². The number of anilines is 1. The van der Waals surface area contributed by atoms with Crippen LogP contribution < -0.4 is 9.64 Å². The number of ether oxygens (including phenoxy) is 2. The lowest BCUT2D eigenvalue weighted by molar-refractivity contribution is -0.127. The van der Waals surface area contributed by atoms with Gasteiger partial charge in [-0.25, -0.2) is 4.98 Å². The predicted octanol–water partition coefficient (Wildman–Crippen LogP) is 3.46. The normalized spacial score (nSPS) is 17.7. The quantitative estimate of drug-likeness (QED) is 0.764. The summed E-state index contributed by atoms with van der Waals surface area (Å²) in [4.78, 5) is 21.8. The second-order valence-electron chi connectivity index (χ2n) is 6.32. The first-order chi connectivity index (χ1) is 12.8. The summed E-state index contributed by atoms with van der Waals surface area (Å²) in [5.74, 6) is 0.788. The van der Waals surface area contributed by atoms with Crippen LogP contribution in [-0.2, 0) is 9.53 Å². The number of aromatic nitrogens is 2. The minimum atomic E-state index is -0.170. The zero-order valence-electron chi connectivity index (χ0n) is 14.6. The Balaban J connectivity index is 1.65. The van der Waals surface area contributed by atoms with Gasteiger partial charge in [0.1, 0.15) is 12.4 Å². The summed E-state index contributed by atoms with van der Waals surface area (Å²) in [6, 6.07) is 13.5. The van der Waals surface area contributed by atoms with Crippen LogP contribution in [-0.4, -0.2) is 35.7 Å². The first-order valence-corrected chi connectivity index (χ1v) is 8.82. The Morgan fingerprint density at radius 3 is 2.92 bits per heavy atom. The number of fused-ring (bicyclic) bond motifs is 1. The van der Waals surface area contributed by atoms with Gasteiger partial charge in [0.15, 0.2) is 0 Å². The molecule has 0 radical (unpaired) electrons. The molecule has 3 aromatic rings. The maximum Gasteiger partial charge on any atom is 0.253 e. The number of amides is 1. The lowest BCUT2D eigenvalue weighted by Crippen LogP contribution is -2.44. The Bertz CT molecular complexity index is 904. The van der Waals surface area contributed by atoms with Crippen LogP contribution in [0.3, 0.4) is 0 Å².